The lowest BCUT2D eigenvalue weighted by atomic mass is 9.94. The van der Waals surface area contributed by atoms with Crippen LogP contribution < -0.4 is 4.68 Å². The van der Waals surface area contributed by atoms with Gasteiger partial charge in [-0.3, -0.25) is 0 Å². The summed E-state index contributed by atoms with van der Waals surface area (Å²) in [4.78, 5) is 0. The van der Waals surface area contributed by atoms with E-state index in [9.17, 15) is 39.5 Å². The van der Waals surface area contributed by atoms with Gasteiger partial charge in [-0.25, -0.2) is 0 Å². The molecular formula is C17H14F9N2+. The van der Waals surface area contributed by atoms with Gasteiger partial charge in [0.05, 0.1) is 6.54 Å². The van der Waals surface area contributed by atoms with E-state index < -0.39 is 35.2 Å². The Kier molecular flexibility index (Phi) is 4.70. The van der Waals surface area contributed by atoms with Crippen molar-refractivity contribution in [1.82, 2.24) is 4.68 Å². The molecular weight excluding hydrogens is 403 g/mol. The molecule has 0 saturated carbocycles. The number of nitrogens with zero attached hydrogens (tertiary/aromatic N) is 2. The van der Waals surface area contributed by atoms with Crippen LogP contribution in [0.3, 0.4) is 0 Å². The number of aryl methyl sites for hydroxylation is 1. The van der Waals surface area contributed by atoms with Gasteiger partial charge < -0.3 is 0 Å². The molecule has 0 N–H and O–H groups in total. The topological polar surface area (TPSA) is 8.81 Å². The molecule has 0 fully saturated rings. The molecule has 3 rings (SSSR count). The Bertz CT molecular complexity index is 854. The summed E-state index contributed by atoms with van der Waals surface area (Å²) in [5.41, 5.74) is -2.08. The maximum atomic E-state index is 14.6. The molecule has 1 aliphatic rings. The Morgan fingerprint density at radius 2 is 1.39 bits per heavy atom. The second kappa shape index (κ2) is 6.41. The summed E-state index contributed by atoms with van der Waals surface area (Å²) < 4.78 is 124. The average Bonchev–Trinajstić information content (AvgIpc) is 3.01. The van der Waals surface area contributed by atoms with Crippen LogP contribution >= 0.6 is 0 Å². The van der Waals surface area contributed by atoms with Crippen molar-refractivity contribution in [2.24, 2.45) is 0 Å². The van der Waals surface area contributed by atoms with Gasteiger partial charge in [-0.1, -0.05) is 30.3 Å². The van der Waals surface area contributed by atoms with Crippen LogP contribution in [0, 0.1) is 0 Å². The van der Waals surface area contributed by atoms with Gasteiger partial charge in [0.1, 0.15) is 11.3 Å². The number of fused-ring (bicyclic) bond motifs is 1. The number of rotatable bonds is 4. The number of halogens is 9. The zero-order valence-corrected chi connectivity index (χ0v) is 14.1. The van der Waals surface area contributed by atoms with Crippen molar-refractivity contribution in [2.45, 2.75) is 49.9 Å². The summed E-state index contributed by atoms with van der Waals surface area (Å²) in [5.74, 6) is -19.4. The van der Waals surface area contributed by atoms with Gasteiger partial charge >= 0.3 is 23.9 Å². The van der Waals surface area contributed by atoms with Crippen LogP contribution in [-0.2, 0) is 19.0 Å². The molecule has 0 bridgehead atoms. The summed E-state index contributed by atoms with van der Waals surface area (Å²) in [7, 11) is 0. The highest BCUT2D eigenvalue weighted by molar-refractivity contribution is 5.64. The zero-order chi connectivity index (χ0) is 21.0. The summed E-state index contributed by atoms with van der Waals surface area (Å²) >= 11 is 0. The molecule has 1 aromatic carbocycles. The van der Waals surface area contributed by atoms with Crippen LogP contribution in [0.4, 0.5) is 39.5 Å². The molecule has 0 radical (unpaired) electrons. The summed E-state index contributed by atoms with van der Waals surface area (Å²) in [6.45, 7) is 0.263. The highest BCUT2D eigenvalue weighted by atomic mass is 19.4. The zero-order valence-electron chi connectivity index (χ0n) is 14.1. The largest absolute Gasteiger partial charge is 0.460 e. The molecule has 2 nitrogen and oxygen atoms in total. The van der Waals surface area contributed by atoms with E-state index in [2.05, 4.69) is 0 Å². The van der Waals surface area contributed by atoms with Crippen molar-refractivity contribution >= 4 is 0 Å². The minimum absolute atomic E-state index is 0.00366. The molecule has 2 aromatic rings. The lowest BCUT2D eigenvalue weighted by Gasteiger charge is -2.33. The minimum atomic E-state index is -6.93. The van der Waals surface area contributed by atoms with Crippen molar-refractivity contribution in [3.8, 4) is 11.3 Å². The molecule has 0 atom stereocenters. The summed E-state index contributed by atoms with van der Waals surface area (Å²) in [6.07, 6.45) is -5.29. The third-order valence-corrected chi connectivity index (χ3v) is 4.64. The molecule has 1 aliphatic heterocycles. The highest BCUT2D eigenvalue weighted by Gasteiger charge is 2.82. The second-order valence-corrected chi connectivity index (χ2v) is 6.47. The standard InChI is InChI=1S/C17H14F9N2/c18-14(19,15(20,21)16(22,23)17(24,25)26)12-10-27-8-4-5-9-28(27)13(12)11-6-2-1-3-7-11/h1-3,6-7,10H,4-5,8-9H2/q+1. The van der Waals surface area contributed by atoms with Crippen LogP contribution in [0.25, 0.3) is 11.3 Å². The van der Waals surface area contributed by atoms with E-state index in [-0.39, 0.29) is 18.7 Å². The van der Waals surface area contributed by atoms with E-state index in [1.165, 1.54) is 35.0 Å². The molecule has 0 aliphatic carbocycles. The van der Waals surface area contributed by atoms with E-state index in [0.717, 1.165) is 4.68 Å². The fraction of sp³-hybridized carbons (Fsp3) is 0.471. The first-order valence-electron chi connectivity index (χ1n) is 8.21. The van der Waals surface area contributed by atoms with Gasteiger partial charge in [0.15, 0.2) is 6.54 Å². The predicted octanol–water partition coefficient (Wildman–Crippen LogP) is 5.16. The first-order chi connectivity index (χ1) is 12.8. The van der Waals surface area contributed by atoms with E-state index in [1.54, 1.807) is 0 Å². The lowest BCUT2D eigenvalue weighted by Crippen LogP contribution is -2.59. The van der Waals surface area contributed by atoms with Gasteiger partial charge in [-0.2, -0.15) is 44.2 Å². The van der Waals surface area contributed by atoms with E-state index in [1.807, 2.05) is 0 Å². The summed E-state index contributed by atoms with van der Waals surface area (Å²) in [5, 5.41) is 0. The van der Waals surface area contributed by atoms with Crippen molar-refractivity contribution in [2.75, 3.05) is 0 Å². The first kappa shape index (κ1) is 20.5. The normalized spacial score (nSPS) is 16.2. The highest BCUT2D eigenvalue weighted by Crippen LogP contribution is 2.57. The quantitative estimate of drug-likeness (QED) is 0.480. The van der Waals surface area contributed by atoms with E-state index >= 15 is 0 Å². The molecule has 2 heterocycles. The SMILES string of the molecule is FC(F)(F)C(F)(F)C(F)(F)C(F)(F)c1c[n+]2n(c1-c1ccccc1)CCCC2. The number of benzene rings is 1. The Morgan fingerprint density at radius 1 is 0.786 bits per heavy atom. The monoisotopic (exact) mass is 417 g/mol. The molecule has 1 aromatic heterocycles. The van der Waals surface area contributed by atoms with Gasteiger partial charge in [0, 0.05) is 12.0 Å². The lowest BCUT2D eigenvalue weighted by molar-refractivity contribution is -0.781. The third kappa shape index (κ3) is 2.86. The number of aromatic nitrogens is 2. The van der Waals surface area contributed by atoms with Crippen LogP contribution in [0.15, 0.2) is 36.5 Å². The molecule has 0 spiro atoms. The van der Waals surface area contributed by atoms with Crippen LogP contribution in [0.1, 0.15) is 18.4 Å². The molecule has 0 saturated heterocycles. The second-order valence-electron chi connectivity index (χ2n) is 6.47. The summed E-state index contributed by atoms with van der Waals surface area (Å²) in [6, 6.07) is 6.91. The Morgan fingerprint density at radius 3 is 1.96 bits per heavy atom. The van der Waals surface area contributed by atoms with Crippen LogP contribution in [0.5, 0.6) is 0 Å². The van der Waals surface area contributed by atoms with Crippen LogP contribution in [-0.4, -0.2) is 22.7 Å². The Labute approximate surface area is 153 Å². The van der Waals surface area contributed by atoms with E-state index in [0.29, 0.717) is 19.0 Å². The maximum Gasteiger partial charge on any atom is 0.460 e. The molecule has 11 heteroatoms. The molecule has 154 valence electrons. The third-order valence-electron chi connectivity index (χ3n) is 4.64. The van der Waals surface area contributed by atoms with Crippen molar-refractivity contribution < 1.29 is 44.2 Å². The smallest absolute Gasteiger partial charge is 0.194 e. The number of hydrogen-bond acceptors (Lipinski definition) is 0. The molecule has 28 heavy (non-hydrogen) atoms. The van der Waals surface area contributed by atoms with Crippen molar-refractivity contribution in [3.05, 3.63) is 42.1 Å². The van der Waals surface area contributed by atoms with Gasteiger partial charge in [-0.15, -0.1) is 4.68 Å². The van der Waals surface area contributed by atoms with Gasteiger partial charge in [0.25, 0.3) is 0 Å². The Balaban J connectivity index is 2.24. The fourth-order valence-corrected chi connectivity index (χ4v) is 3.18. The van der Waals surface area contributed by atoms with Crippen molar-refractivity contribution in [3.63, 3.8) is 0 Å². The van der Waals surface area contributed by atoms with Crippen molar-refractivity contribution in [1.29, 1.82) is 0 Å². The minimum Gasteiger partial charge on any atom is -0.194 e. The van der Waals surface area contributed by atoms with Gasteiger partial charge in [0.2, 0.25) is 6.20 Å². The predicted molar refractivity (Wildman–Crippen MR) is 79.1 cm³/mol. The van der Waals surface area contributed by atoms with Gasteiger partial charge in [-0.05, 0) is 6.42 Å². The molecule has 0 amide bonds. The number of hydrogen-bond donors (Lipinski definition) is 0. The maximum absolute atomic E-state index is 14.6. The Hall–Kier alpha value is -2.20. The number of alkyl halides is 9. The fourth-order valence-electron chi connectivity index (χ4n) is 3.18. The average molecular weight is 417 g/mol. The first-order valence-corrected chi connectivity index (χ1v) is 8.21. The van der Waals surface area contributed by atoms with E-state index in [4.69, 9.17) is 0 Å². The van der Waals surface area contributed by atoms with Crippen LogP contribution in [0.2, 0.25) is 0 Å². The molecule has 0 unspecified atom stereocenters.